The minimum absolute atomic E-state index is 0.00265. The first kappa shape index (κ1) is 14.9. The van der Waals surface area contributed by atoms with Crippen LogP contribution in [0.4, 0.5) is 0 Å². The number of nitrogens with zero attached hydrogens (tertiary/aromatic N) is 1. The molecule has 0 bridgehead atoms. The van der Waals surface area contributed by atoms with Gasteiger partial charge < -0.3 is 9.88 Å². The Balaban J connectivity index is 2.10. The van der Waals surface area contributed by atoms with Gasteiger partial charge in [0.2, 0.25) is 0 Å². The summed E-state index contributed by atoms with van der Waals surface area (Å²) in [4.78, 5) is 13.6. The lowest BCUT2D eigenvalue weighted by Crippen LogP contribution is -2.25. The van der Waals surface area contributed by atoms with E-state index in [1.165, 1.54) is 20.7 Å². The van der Waals surface area contributed by atoms with Crippen LogP contribution < -0.4 is 5.32 Å². The molecule has 1 amide bonds. The molecule has 0 atom stereocenters. The van der Waals surface area contributed by atoms with E-state index >= 15 is 0 Å². The van der Waals surface area contributed by atoms with E-state index in [4.69, 9.17) is 0 Å². The van der Waals surface area contributed by atoms with Crippen molar-refractivity contribution in [3.8, 4) is 0 Å². The van der Waals surface area contributed by atoms with E-state index in [0.29, 0.717) is 6.54 Å². The number of carbonyl (C=O) groups excluding carboxylic acids is 1. The van der Waals surface area contributed by atoms with Crippen LogP contribution >= 0.6 is 11.3 Å². The van der Waals surface area contributed by atoms with Crippen LogP contribution in [0.2, 0.25) is 0 Å². The third kappa shape index (κ3) is 2.66. The van der Waals surface area contributed by atoms with Crippen molar-refractivity contribution >= 4 is 27.5 Å². The summed E-state index contributed by atoms with van der Waals surface area (Å²) >= 11 is 1.74. The first-order valence-electron chi connectivity index (χ1n) is 7.52. The summed E-state index contributed by atoms with van der Waals surface area (Å²) < 4.78 is 3.30. The van der Waals surface area contributed by atoms with Gasteiger partial charge in [-0.2, -0.15) is 0 Å². The number of aromatic nitrogens is 1. The van der Waals surface area contributed by atoms with E-state index in [2.05, 4.69) is 41.9 Å². The average Bonchev–Trinajstić information content (AvgIpc) is 2.99. The maximum absolute atomic E-state index is 12.4. The number of rotatable bonds is 4. The molecule has 4 heteroatoms. The second kappa shape index (κ2) is 5.97. The van der Waals surface area contributed by atoms with Crippen molar-refractivity contribution in [1.82, 2.24) is 9.88 Å². The van der Waals surface area contributed by atoms with Crippen LogP contribution in [0.5, 0.6) is 0 Å². The Labute approximate surface area is 134 Å². The van der Waals surface area contributed by atoms with Gasteiger partial charge >= 0.3 is 0 Å². The van der Waals surface area contributed by atoms with Crippen molar-refractivity contribution in [3.63, 3.8) is 0 Å². The minimum Gasteiger partial charge on any atom is -0.351 e. The molecule has 3 nitrogen and oxygen atoms in total. The van der Waals surface area contributed by atoms with Gasteiger partial charge in [0.25, 0.3) is 5.91 Å². The summed E-state index contributed by atoms with van der Waals surface area (Å²) in [6.45, 7) is 7.52. The van der Waals surface area contributed by atoms with Crippen LogP contribution in [0.3, 0.4) is 0 Å². The molecule has 0 aliphatic carbocycles. The molecule has 0 aliphatic rings. The maximum Gasteiger partial charge on any atom is 0.267 e. The van der Waals surface area contributed by atoms with E-state index < -0.39 is 0 Å². The SMILES string of the molecule is CCNC(=O)c1cc2sc(C)cc2n1Cc1ccccc1C. The molecule has 3 rings (SSSR count). The molecule has 2 heterocycles. The van der Waals surface area contributed by atoms with E-state index in [-0.39, 0.29) is 5.91 Å². The predicted molar refractivity (Wildman–Crippen MR) is 92.8 cm³/mol. The zero-order chi connectivity index (χ0) is 15.7. The summed E-state index contributed by atoms with van der Waals surface area (Å²) in [5.74, 6) is -0.00265. The molecule has 0 unspecified atom stereocenters. The van der Waals surface area contributed by atoms with Crippen molar-refractivity contribution < 1.29 is 4.79 Å². The molecule has 1 aromatic carbocycles. The molecule has 0 saturated carbocycles. The van der Waals surface area contributed by atoms with Crippen molar-refractivity contribution in [2.24, 2.45) is 0 Å². The summed E-state index contributed by atoms with van der Waals surface area (Å²) in [6.07, 6.45) is 0. The lowest BCUT2D eigenvalue weighted by atomic mass is 10.1. The standard InChI is InChI=1S/C18H20N2OS/c1-4-19-18(21)16-10-17-15(9-13(3)22-17)20(16)11-14-8-6-5-7-12(14)2/h5-10H,4,11H2,1-3H3,(H,19,21). The zero-order valence-electron chi connectivity index (χ0n) is 13.1. The number of thiophene rings is 1. The van der Waals surface area contributed by atoms with Crippen molar-refractivity contribution in [2.75, 3.05) is 6.54 Å². The molecule has 0 fully saturated rings. The van der Waals surface area contributed by atoms with E-state index in [1.807, 2.05) is 25.1 Å². The van der Waals surface area contributed by atoms with E-state index in [1.54, 1.807) is 11.3 Å². The second-order valence-electron chi connectivity index (χ2n) is 5.51. The van der Waals surface area contributed by atoms with Gasteiger partial charge in [-0.1, -0.05) is 24.3 Å². The van der Waals surface area contributed by atoms with Gasteiger partial charge in [0.05, 0.1) is 10.2 Å². The number of hydrogen-bond donors (Lipinski definition) is 1. The average molecular weight is 312 g/mol. The molecule has 0 aliphatic heterocycles. The van der Waals surface area contributed by atoms with Crippen LogP contribution in [0, 0.1) is 13.8 Å². The highest BCUT2D eigenvalue weighted by molar-refractivity contribution is 7.19. The molecule has 0 radical (unpaired) electrons. The summed E-state index contributed by atoms with van der Waals surface area (Å²) in [5, 5.41) is 2.91. The Kier molecular flexibility index (Phi) is 4.03. The summed E-state index contributed by atoms with van der Waals surface area (Å²) in [6, 6.07) is 12.5. The first-order valence-corrected chi connectivity index (χ1v) is 8.34. The smallest absolute Gasteiger partial charge is 0.267 e. The number of carbonyl (C=O) groups is 1. The van der Waals surface area contributed by atoms with Gasteiger partial charge in [0.15, 0.2) is 0 Å². The fourth-order valence-electron chi connectivity index (χ4n) is 2.73. The third-order valence-corrected chi connectivity index (χ3v) is 4.86. The Bertz CT molecular complexity index is 829. The number of fused-ring (bicyclic) bond motifs is 1. The highest BCUT2D eigenvalue weighted by Crippen LogP contribution is 2.29. The highest BCUT2D eigenvalue weighted by atomic mass is 32.1. The van der Waals surface area contributed by atoms with Crippen molar-refractivity contribution in [2.45, 2.75) is 27.3 Å². The number of aryl methyl sites for hydroxylation is 2. The maximum atomic E-state index is 12.4. The molecule has 22 heavy (non-hydrogen) atoms. The topological polar surface area (TPSA) is 34.0 Å². The number of nitrogens with one attached hydrogen (secondary N) is 1. The van der Waals surface area contributed by atoms with E-state index in [0.717, 1.165) is 17.8 Å². The molecule has 1 N–H and O–H groups in total. The molecule has 0 spiro atoms. The molecule has 3 aromatic rings. The predicted octanol–water partition coefficient (Wildman–Crippen LogP) is 4.12. The van der Waals surface area contributed by atoms with Crippen molar-refractivity contribution in [1.29, 1.82) is 0 Å². The Morgan fingerprint density at radius 2 is 2.00 bits per heavy atom. The quantitative estimate of drug-likeness (QED) is 0.772. The number of amides is 1. The molecule has 0 saturated heterocycles. The number of benzene rings is 1. The normalized spacial score (nSPS) is 11.0. The van der Waals surface area contributed by atoms with Crippen LogP contribution in [0.25, 0.3) is 10.2 Å². The fraction of sp³-hybridized carbons (Fsp3) is 0.278. The number of hydrogen-bond acceptors (Lipinski definition) is 2. The van der Waals surface area contributed by atoms with Gasteiger partial charge in [-0.25, -0.2) is 0 Å². The minimum atomic E-state index is -0.00265. The molecular weight excluding hydrogens is 292 g/mol. The lowest BCUT2D eigenvalue weighted by molar-refractivity contribution is 0.0947. The van der Waals surface area contributed by atoms with Gasteiger partial charge in [0.1, 0.15) is 5.69 Å². The van der Waals surface area contributed by atoms with Gasteiger partial charge in [-0.3, -0.25) is 4.79 Å². The van der Waals surface area contributed by atoms with Crippen LogP contribution in [0.1, 0.15) is 33.4 Å². The summed E-state index contributed by atoms with van der Waals surface area (Å²) in [5.41, 5.74) is 4.38. The zero-order valence-corrected chi connectivity index (χ0v) is 14.0. The highest BCUT2D eigenvalue weighted by Gasteiger charge is 2.17. The van der Waals surface area contributed by atoms with Crippen LogP contribution in [-0.4, -0.2) is 17.0 Å². The first-order chi connectivity index (χ1) is 10.6. The molecule has 114 valence electrons. The largest absolute Gasteiger partial charge is 0.351 e. The Morgan fingerprint density at radius 3 is 2.73 bits per heavy atom. The summed E-state index contributed by atoms with van der Waals surface area (Å²) in [7, 11) is 0. The fourth-order valence-corrected chi connectivity index (χ4v) is 3.69. The van der Waals surface area contributed by atoms with Crippen LogP contribution in [0.15, 0.2) is 36.4 Å². The second-order valence-corrected chi connectivity index (χ2v) is 6.80. The molecular formula is C18H20N2OS. The molecule has 2 aromatic heterocycles. The monoisotopic (exact) mass is 312 g/mol. The lowest BCUT2D eigenvalue weighted by Gasteiger charge is -2.12. The van der Waals surface area contributed by atoms with Gasteiger partial charge in [-0.05, 0) is 44.0 Å². The van der Waals surface area contributed by atoms with Gasteiger partial charge in [-0.15, -0.1) is 11.3 Å². The van der Waals surface area contributed by atoms with Crippen LogP contribution in [-0.2, 0) is 6.54 Å². The van der Waals surface area contributed by atoms with Gasteiger partial charge in [0, 0.05) is 18.0 Å². The Morgan fingerprint density at radius 1 is 1.23 bits per heavy atom. The third-order valence-electron chi connectivity index (χ3n) is 3.87. The van der Waals surface area contributed by atoms with Crippen molar-refractivity contribution in [3.05, 3.63) is 58.1 Å². The Hall–Kier alpha value is -2.07. The van der Waals surface area contributed by atoms with E-state index in [9.17, 15) is 4.79 Å².